The summed E-state index contributed by atoms with van der Waals surface area (Å²) >= 11 is 1.47. The summed E-state index contributed by atoms with van der Waals surface area (Å²) in [5, 5.41) is 0.643. The van der Waals surface area contributed by atoms with Crippen LogP contribution in [0.25, 0.3) is 10.2 Å². The number of amides is 1. The summed E-state index contributed by atoms with van der Waals surface area (Å²) in [5.74, 6) is 1.53. The van der Waals surface area contributed by atoms with Gasteiger partial charge in [-0.2, -0.15) is 0 Å². The number of methoxy groups -OCH3 is 2. The number of carbonyl (C=O) groups is 1. The highest BCUT2D eigenvalue weighted by Gasteiger charge is 2.21. The van der Waals surface area contributed by atoms with Crippen molar-refractivity contribution in [1.82, 2.24) is 9.97 Å². The largest absolute Gasteiger partial charge is 0.497 e. The number of carbonyl (C=O) groups excluding carboxylic acids is 1. The third-order valence-electron chi connectivity index (χ3n) is 4.98. The maximum atomic E-state index is 13.4. The van der Waals surface area contributed by atoms with E-state index in [-0.39, 0.29) is 12.3 Å². The Morgan fingerprint density at radius 2 is 1.94 bits per heavy atom. The van der Waals surface area contributed by atoms with Crippen LogP contribution in [0.1, 0.15) is 16.8 Å². The van der Waals surface area contributed by atoms with E-state index in [1.54, 1.807) is 25.3 Å². The third kappa shape index (κ3) is 4.67. The Bertz CT molecular complexity index is 1210. The van der Waals surface area contributed by atoms with Crippen LogP contribution in [0, 0.1) is 6.92 Å². The minimum atomic E-state index is -0.0405. The van der Waals surface area contributed by atoms with Gasteiger partial charge in [-0.05, 0) is 54.4 Å². The molecule has 0 aliphatic heterocycles. The van der Waals surface area contributed by atoms with Crippen molar-refractivity contribution in [2.75, 3.05) is 19.1 Å². The fourth-order valence-corrected chi connectivity index (χ4v) is 4.38. The smallest absolute Gasteiger partial charge is 0.233 e. The van der Waals surface area contributed by atoms with Crippen LogP contribution in [0.15, 0.2) is 60.8 Å². The van der Waals surface area contributed by atoms with Gasteiger partial charge in [0.05, 0.1) is 43.1 Å². The van der Waals surface area contributed by atoms with Crippen molar-refractivity contribution in [2.24, 2.45) is 0 Å². The van der Waals surface area contributed by atoms with E-state index >= 15 is 0 Å². The lowest BCUT2D eigenvalue weighted by molar-refractivity contribution is -0.118. The fourth-order valence-electron chi connectivity index (χ4n) is 3.37. The van der Waals surface area contributed by atoms with Crippen LogP contribution in [0.3, 0.4) is 0 Å². The summed E-state index contributed by atoms with van der Waals surface area (Å²) in [5.41, 5.74) is 3.56. The van der Waals surface area contributed by atoms with Gasteiger partial charge in [-0.15, -0.1) is 0 Å². The molecule has 7 heteroatoms. The normalized spacial score (nSPS) is 10.8. The first kappa shape index (κ1) is 20.8. The number of thiazole rings is 1. The molecule has 158 valence electrons. The monoisotopic (exact) mass is 433 g/mol. The molecule has 0 atom stereocenters. The molecule has 0 aliphatic rings. The van der Waals surface area contributed by atoms with Crippen molar-refractivity contribution >= 4 is 32.6 Å². The van der Waals surface area contributed by atoms with E-state index in [0.717, 1.165) is 38.5 Å². The number of pyridine rings is 1. The SMILES string of the molecule is COc1ccc2nc(N(Cc3ccccn3)C(=O)Cc3ccc(OC)c(C)c3)sc2c1. The van der Waals surface area contributed by atoms with Crippen LogP contribution in [-0.2, 0) is 17.8 Å². The van der Waals surface area contributed by atoms with Crippen LogP contribution in [0.4, 0.5) is 5.13 Å². The first-order valence-electron chi connectivity index (χ1n) is 9.85. The van der Waals surface area contributed by atoms with E-state index < -0.39 is 0 Å². The van der Waals surface area contributed by atoms with Gasteiger partial charge in [0.2, 0.25) is 5.91 Å². The Morgan fingerprint density at radius 3 is 2.65 bits per heavy atom. The molecule has 0 fully saturated rings. The second-order valence-corrected chi connectivity index (χ2v) is 8.12. The summed E-state index contributed by atoms with van der Waals surface area (Å²) in [6.07, 6.45) is 1.99. The average Bonchev–Trinajstić information content (AvgIpc) is 3.21. The predicted molar refractivity (Wildman–Crippen MR) is 123 cm³/mol. The Morgan fingerprint density at radius 1 is 1.06 bits per heavy atom. The van der Waals surface area contributed by atoms with Crippen molar-refractivity contribution in [1.29, 1.82) is 0 Å². The second-order valence-electron chi connectivity index (χ2n) is 7.11. The molecule has 2 heterocycles. The first-order valence-corrected chi connectivity index (χ1v) is 10.7. The number of nitrogens with zero attached hydrogens (tertiary/aromatic N) is 3. The van der Waals surface area contributed by atoms with Crippen molar-refractivity contribution < 1.29 is 14.3 Å². The third-order valence-corrected chi connectivity index (χ3v) is 6.02. The van der Waals surface area contributed by atoms with Gasteiger partial charge in [0, 0.05) is 6.20 Å². The van der Waals surface area contributed by atoms with E-state index in [2.05, 4.69) is 4.98 Å². The predicted octanol–water partition coefficient (Wildman–Crippen LogP) is 4.79. The Labute approximate surface area is 185 Å². The molecule has 2 aromatic heterocycles. The molecule has 0 saturated heterocycles. The number of rotatable bonds is 7. The molecule has 4 aromatic rings. The molecule has 31 heavy (non-hydrogen) atoms. The topological polar surface area (TPSA) is 64.5 Å². The standard InChI is InChI=1S/C24H23N3O3S/c1-16-12-17(7-10-21(16)30-3)13-23(28)27(15-18-6-4-5-11-25-18)24-26-20-9-8-19(29-2)14-22(20)31-24/h4-12,14H,13,15H2,1-3H3. The molecule has 1 amide bonds. The van der Waals surface area contributed by atoms with Gasteiger partial charge in [-0.3, -0.25) is 14.7 Å². The molecular formula is C24H23N3O3S. The Balaban J connectivity index is 1.67. The zero-order valence-corrected chi connectivity index (χ0v) is 18.5. The molecule has 0 saturated carbocycles. The van der Waals surface area contributed by atoms with E-state index in [1.165, 1.54) is 11.3 Å². The summed E-state index contributed by atoms with van der Waals surface area (Å²) in [6.45, 7) is 2.32. The highest BCUT2D eigenvalue weighted by molar-refractivity contribution is 7.22. The summed E-state index contributed by atoms with van der Waals surface area (Å²) in [7, 11) is 3.28. The quantitative estimate of drug-likeness (QED) is 0.419. The lowest BCUT2D eigenvalue weighted by Gasteiger charge is -2.20. The molecule has 0 bridgehead atoms. The van der Waals surface area contributed by atoms with E-state index in [1.807, 2.05) is 61.5 Å². The highest BCUT2D eigenvalue weighted by Crippen LogP contribution is 2.32. The van der Waals surface area contributed by atoms with Gasteiger partial charge in [0.25, 0.3) is 0 Å². The minimum Gasteiger partial charge on any atom is -0.497 e. The number of ether oxygens (including phenoxy) is 2. The van der Waals surface area contributed by atoms with E-state index in [0.29, 0.717) is 11.7 Å². The van der Waals surface area contributed by atoms with Crippen LogP contribution < -0.4 is 14.4 Å². The van der Waals surface area contributed by atoms with Crippen molar-refractivity contribution in [2.45, 2.75) is 19.9 Å². The number of anilines is 1. The molecule has 0 unspecified atom stereocenters. The van der Waals surface area contributed by atoms with Gasteiger partial charge < -0.3 is 9.47 Å². The molecule has 6 nitrogen and oxygen atoms in total. The van der Waals surface area contributed by atoms with Crippen LogP contribution in [0.5, 0.6) is 11.5 Å². The van der Waals surface area contributed by atoms with Crippen molar-refractivity contribution in [3.63, 3.8) is 0 Å². The number of fused-ring (bicyclic) bond motifs is 1. The molecule has 2 aromatic carbocycles. The minimum absolute atomic E-state index is 0.0405. The second kappa shape index (κ2) is 9.14. The maximum absolute atomic E-state index is 13.4. The Kier molecular flexibility index (Phi) is 6.13. The molecule has 0 aliphatic carbocycles. The lowest BCUT2D eigenvalue weighted by atomic mass is 10.1. The number of aryl methyl sites for hydroxylation is 1. The number of hydrogen-bond donors (Lipinski definition) is 0. The van der Waals surface area contributed by atoms with Crippen LogP contribution in [-0.4, -0.2) is 30.1 Å². The van der Waals surface area contributed by atoms with Crippen LogP contribution in [0.2, 0.25) is 0 Å². The summed E-state index contributed by atoms with van der Waals surface area (Å²) in [6, 6.07) is 17.2. The summed E-state index contributed by atoms with van der Waals surface area (Å²) in [4.78, 5) is 24.2. The molecular weight excluding hydrogens is 410 g/mol. The van der Waals surface area contributed by atoms with Gasteiger partial charge >= 0.3 is 0 Å². The number of benzene rings is 2. The van der Waals surface area contributed by atoms with Crippen molar-refractivity contribution in [3.05, 3.63) is 77.6 Å². The van der Waals surface area contributed by atoms with Crippen LogP contribution >= 0.6 is 11.3 Å². The molecule has 4 rings (SSSR count). The number of hydrogen-bond acceptors (Lipinski definition) is 6. The molecule has 0 spiro atoms. The molecule has 0 radical (unpaired) electrons. The van der Waals surface area contributed by atoms with Gasteiger partial charge in [-0.25, -0.2) is 4.98 Å². The van der Waals surface area contributed by atoms with Gasteiger partial charge in [-0.1, -0.05) is 29.5 Å². The lowest BCUT2D eigenvalue weighted by Crippen LogP contribution is -2.32. The molecule has 0 N–H and O–H groups in total. The number of aromatic nitrogens is 2. The van der Waals surface area contributed by atoms with Gasteiger partial charge in [0.1, 0.15) is 11.5 Å². The Hall–Kier alpha value is -3.45. The first-order chi connectivity index (χ1) is 15.1. The zero-order chi connectivity index (χ0) is 21.8. The summed E-state index contributed by atoms with van der Waals surface area (Å²) < 4.78 is 11.6. The highest BCUT2D eigenvalue weighted by atomic mass is 32.1. The van der Waals surface area contributed by atoms with Crippen molar-refractivity contribution in [3.8, 4) is 11.5 Å². The maximum Gasteiger partial charge on any atom is 0.233 e. The van der Waals surface area contributed by atoms with Gasteiger partial charge in [0.15, 0.2) is 5.13 Å². The average molecular weight is 434 g/mol. The van der Waals surface area contributed by atoms with E-state index in [4.69, 9.17) is 14.5 Å². The van der Waals surface area contributed by atoms with E-state index in [9.17, 15) is 4.79 Å². The fraction of sp³-hybridized carbons (Fsp3) is 0.208. The zero-order valence-electron chi connectivity index (χ0n) is 17.7.